The van der Waals surface area contributed by atoms with Crippen LogP contribution in [0, 0.1) is 4.84 Å². The number of aromatic nitrogens is 1. The van der Waals surface area contributed by atoms with Crippen LogP contribution >= 0.6 is 12.2 Å². The zero-order valence-electron chi connectivity index (χ0n) is 12.4. The Morgan fingerprint density at radius 2 is 1.95 bits per heavy atom. The fourth-order valence-electron chi connectivity index (χ4n) is 2.77. The number of hydrogen-bond acceptors (Lipinski definition) is 5. The summed E-state index contributed by atoms with van der Waals surface area (Å²) in [6.45, 7) is 3.24. The van der Waals surface area contributed by atoms with Crippen LogP contribution in [0.4, 0.5) is 0 Å². The van der Waals surface area contributed by atoms with Crippen molar-refractivity contribution in [3.8, 4) is 0 Å². The minimum Gasteiger partial charge on any atom is -0.429 e. The van der Waals surface area contributed by atoms with Crippen molar-refractivity contribution in [2.24, 2.45) is 0 Å². The van der Waals surface area contributed by atoms with Crippen molar-refractivity contribution >= 4 is 33.3 Å². The average Bonchev–Trinajstić information content (AvgIpc) is 2.63. The summed E-state index contributed by atoms with van der Waals surface area (Å²) in [5.41, 5.74) is 1.75. The van der Waals surface area contributed by atoms with Gasteiger partial charge in [-0.3, -0.25) is 9.47 Å². The van der Waals surface area contributed by atoms with Gasteiger partial charge in [-0.1, -0.05) is 12.1 Å². The molecule has 1 aromatic heterocycles. The van der Waals surface area contributed by atoms with E-state index in [1.54, 1.807) is 4.31 Å². The second-order valence-corrected chi connectivity index (χ2v) is 7.87. The molecule has 1 saturated heterocycles. The monoisotopic (exact) mass is 341 g/mol. The molecule has 120 valence electrons. The van der Waals surface area contributed by atoms with Gasteiger partial charge in [-0.2, -0.15) is 0 Å². The molecule has 1 fully saturated rings. The largest absolute Gasteiger partial charge is 0.429 e. The summed E-state index contributed by atoms with van der Waals surface area (Å²) in [5, 5.41) is 0. The van der Waals surface area contributed by atoms with E-state index in [1.165, 1.54) is 6.26 Å². The predicted octanol–water partition coefficient (Wildman–Crippen LogP) is 1.89. The second-order valence-electron chi connectivity index (χ2n) is 5.54. The number of fused-ring (bicyclic) bond motifs is 1. The lowest BCUT2D eigenvalue weighted by Crippen LogP contribution is -2.35. The van der Waals surface area contributed by atoms with E-state index >= 15 is 0 Å². The highest BCUT2D eigenvalue weighted by Gasteiger charge is 2.21. The van der Waals surface area contributed by atoms with E-state index in [0.29, 0.717) is 31.1 Å². The summed E-state index contributed by atoms with van der Waals surface area (Å²) in [6.07, 6.45) is 2.08. The molecule has 6 nitrogen and oxygen atoms in total. The summed E-state index contributed by atoms with van der Waals surface area (Å²) >= 11 is 5.30. The van der Waals surface area contributed by atoms with Crippen LogP contribution < -0.4 is 0 Å². The zero-order valence-corrected chi connectivity index (χ0v) is 14.1. The Bertz CT molecular complexity index is 825. The molecule has 0 amide bonds. The van der Waals surface area contributed by atoms with E-state index < -0.39 is 10.0 Å². The van der Waals surface area contributed by atoms with Gasteiger partial charge in [0.1, 0.15) is 0 Å². The van der Waals surface area contributed by atoms with Gasteiger partial charge in [-0.15, -0.1) is 0 Å². The van der Waals surface area contributed by atoms with E-state index in [1.807, 2.05) is 28.8 Å². The van der Waals surface area contributed by atoms with Crippen LogP contribution in [0.5, 0.6) is 0 Å². The van der Waals surface area contributed by atoms with Crippen molar-refractivity contribution in [2.45, 2.75) is 13.1 Å². The highest BCUT2D eigenvalue weighted by Crippen LogP contribution is 2.18. The summed E-state index contributed by atoms with van der Waals surface area (Å²) in [5.74, 6) is 0. The summed E-state index contributed by atoms with van der Waals surface area (Å²) in [7, 11) is -3.12. The van der Waals surface area contributed by atoms with Crippen molar-refractivity contribution < 1.29 is 12.8 Å². The first-order valence-corrected chi connectivity index (χ1v) is 9.47. The minimum absolute atomic E-state index is 0.449. The zero-order chi connectivity index (χ0) is 15.7. The Morgan fingerprint density at radius 3 is 2.73 bits per heavy atom. The van der Waals surface area contributed by atoms with Crippen molar-refractivity contribution in [1.82, 2.24) is 13.8 Å². The van der Waals surface area contributed by atoms with Gasteiger partial charge in [-0.05, 0) is 30.8 Å². The van der Waals surface area contributed by atoms with Crippen molar-refractivity contribution in [1.29, 1.82) is 0 Å². The first kappa shape index (κ1) is 15.7. The quantitative estimate of drug-likeness (QED) is 0.798. The smallest absolute Gasteiger partial charge is 0.270 e. The van der Waals surface area contributed by atoms with Crippen LogP contribution in [-0.2, 0) is 16.7 Å². The molecule has 1 aromatic carbocycles. The van der Waals surface area contributed by atoms with Gasteiger partial charge in [0, 0.05) is 26.2 Å². The van der Waals surface area contributed by atoms with Gasteiger partial charge in [0.2, 0.25) is 10.0 Å². The molecule has 1 aliphatic rings. The Morgan fingerprint density at radius 1 is 1.18 bits per heavy atom. The van der Waals surface area contributed by atoms with Gasteiger partial charge in [0.25, 0.3) is 4.84 Å². The van der Waals surface area contributed by atoms with Crippen LogP contribution in [-0.4, -0.2) is 54.6 Å². The van der Waals surface area contributed by atoms with Gasteiger partial charge in [-0.25, -0.2) is 12.7 Å². The first-order valence-electron chi connectivity index (χ1n) is 7.21. The second kappa shape index (κ2) is 6.11. The molecule has 0 unspecified atom stereocenters. The van der Waals surface area contributed by atoms with Crippen LogP contribution in [0.25, 0.3) is 11.1 Å². The molecule has 22 heavy (non-hydrogen) atoms. The Labute approximate surface area is 135 Å². The number of benzene rings is 1. The van der Waals surface area contributed by atoms with E-state index in [-0.39, 0.29) is 0 Å². The molecule has 3 rings (SSSR count). The first-order chi connectivity index (χ1) is 10.4. The Kier molecular flexibility index (Phi) is 4.35. The van der Waals surface area contributed by atoms with Gasteiger partial charge in [0.15, 0.2) is 5.58 Å². The fourth-order valence-corrected chi connectivity index (χ4v) is 3.89. The SMILES string of the molecule is CS(=O)(=O)N1CCCN(Cn2c(=S)oc3ccccc32)CC1. The predicted molar refractivity (Wildman–Crippen MR) is 87.6 cm³/mol. The number of hydrogen-bond donors (Lipinski definition) is 0. The summed E-state index contributed by atoms with van der Waals surface area (Å²) in [6, 6.07) is 7.75. The van der Waals surface area contributed by atoms with Crippen molar-refractivity contribution in [3.05, 3.63) is 29.1 Å². The van der Waals surface area contributed by atoms with Gasteiger partial charge >= 0.3 is 0 Å². The summed E-state index contributed by atoms with van der Waals surface area (Å²) in [4.78, 5) is 2.66. The third-order valence-corrected chi connectivity index (χ3v) is 5.54. The lowest BCUT2D eigenvalue weighted by Gasteiger charge is -2.21. The number of rotatable bonds is 3. The summed E-state index contributed by atoms with van der Waals surface area (Å²) < 4.78 is 32.4. The number of para-hydroxylation sites is 2. The number of nitrogens with zero attached hydrogens (tertiary/aromatic N) is 3. The third kappa shape index (κ3) is 3.24. The van der Waals surface area contributed by atoms with E-state index in [0.717, 1.165) is 24.1 Å². The van der Waals surface area contributed by atoms with E-state index in [9.17, 15) is 8.42 Å². The lowest BCUT2D eigenvalue weighted by atomic mass is 10.3. The molecule has 0 atom stereocenters. The van der Waals surface area contributed by atoms with Crippen molar-refractivity contribution in [3.63, 3.8) is 0 Å². The topological polar surface area (TPSA) is 58.7 Å². The molecule has 0 radical (unpaired) electrons. The van der Waals surface area contributed by atoms with Crippen LogP contribution in [0.1, 0.15) is 6.42 Å². The molecule has 8 heteroatoms. The highest BCUT2D eigenvalue weighted by molar-refractivity contribution is 7.88. The maximum atomic E-state index is 11.7. The van der Waals surface area contributed by atoms with Gasteiger partial charge < -0.3 is 4.42 Å². The van der Waals surface area contributed by atoms with E-state index in [2.05, 4.69) is 4.90 Å². The highest BCUT2D eigenvalue weighted by atomic mass is 32.2. The molecule has 0 aliphatic carbocycles. The molecule has 1 aliphatic heterocycles. The molecule has 0 N–H and O–H groups in total. The molecule has 2 heterocycles. The number of oxazole rings is 1. The molecular weight excluding hydrogens is 322 g/mol. The molecule has 0 saturated carbocycles. The lowest BCUT2D eigenvalue weighted by molar-refractivity contribution is 0.227. The van der Waals surface area contributed by atoms with Crippen LogP contribution in [0.15, 0.2) is 28.7 Å². The maximum Gasteiger partial charge on any atom is 0.270 e. The molecule has 0 bridgehead atoms. The Balaban J connectivity index is 1.78. The number of sulfonamides is 1. The minimum atomic E-state index is -3.12. The third-order valence-electron chi connectivity index (χ3n) is 3.93. The van der Waals surface area contributed by atoms with Crippen LogP contribution in [0.3, 0.4) is 0 Å². The van der Waals surface area contributed by atoms with E-state index in [4.69, 9.17) is 16.6 Å². The molecule has 0 spiro atoms. The normalized spacial score (nSPS) is 18.6. The maximum absolute atomic E-state index is 11.7. The van der Waals surface area contributed by atoms with Crippen molar-refractivity contribution in [2.75, 3.05) is 32.4 Å². The molecular formula is C14H19N3O3S2. The molecule has 2 aromatic rings. The van der Waals surface area contributed by atoms with Gasteiger partial charge in [0.05, 0.1) is 18.4 Å². The fraction of sp³-hybridized carbons (Fsp3) is 0.500. The standard InChI is InChI=1S/C14H19N3O3S2/c1-22(18,19)16-8-4-7-15(9-10-16)11-17-12-5-2-3-6-13(12)20-14(17)21/h2-3,5-6H,4,7-11H2,1H3. The Hall–Kier alpha value is -1.22. The average molecular weight is 341 g/mol. The van der Waals surface area contributed by atoms with Crippen LogP contribution in [0.2, 0.25) is 0 Å².